The molecule has 0 N–H and O–H groups in total. The van der Waals surface area contributed by atoms with Crippen molar-refractivity contribution in [1.82, 2.24) is 0 Å². The molecule has 0 aromatic rings. The molecule has 0 atom stereocenters. The second kappa shape index (κ2) is 1.20. The Morgan fingerprint density at radius 1 is 1.20 bits per heavy atom. The number of halogens is 3. The Hall–Kier alpha value is 0.333. The normalized spacial score (nSPS) is 12.6. The van der Waals surface area contributed by atoms with Crippen molar-refractivity contribution >= 4 is 16.5 Å². The van der Waals surface area contributed by atoms with Crippen LogP contribution in [0.4, 0.5) is 13.2 Å². The van der Waals surface area contributed by atoms with E-state index in [2.05, 4.69) is 0 Å². The summed E-state index contributed by atoms with van der Waals surface area (Å²) in [6.45, 7) is 0. The van der Waals surface area contributed by atoms with Crippen molar-refractivity contribution in [3.63, 3.8) is 0 Å². The number of rotatable bonds is 0. The van der Waals surface area contributed by atoms with Crippen molar-refractivity contribution in [1.29, 1.82) is 0 Å². The molecule has 0 unspecified atom stereocenters. The molecule has 4 heteroatoms. The van der Waals surface area contributed by atoms with E-state index in [1.807, 2.05) is 0 Å². The Labute approximate surface area is 35.6 Å². The van der Waals surface area contributed by atoms with Gasteiger partial charge in [0.15, 0.2) is 0 Å². The first-order valence-corrected chi connectivity index (χ1v) is 3.17. The van der Waals surface area contributed by atoms with Crippen molar-refractivity contribution in [2.24, 2.45) is 0 Å². The molecule has 0 fully saturated rings. The van der Waals surface area contributed by atoms with E-state index in [0.717, 1.165) is 0 Å². The second-order valence-corrected chi connectivity index (χ2v) is 3.16. The van der Waals surface area contributed by atoms with Gasteiger partial charge in [0.2, 0.25) is 0 Å². The Morgan fingerprint density at radius 2 is 1.20 bits per heavy atom. The molecule has 0 spiro atoms. The molecule has 0 amide bonds. The van der Waals surface area contributed by atoms with Crippen LogP contribution in [0.1, 0.15) is 0 Å². The van der Waals surface area contributed by atoms with E-state index < -0.39 is 21.5 Å². The molecule has 5 heavy (non-hydrogen) atoms. The van der Waals surface area contributed by atoms with E-state index in [9.17, 15) is 13.2 Å². The van der Waals surface area contributed by atoms with Crippen molar-refractivity contribution in [2.75, 3.05) is 0 Å². The second-order valence-electron chi connectivity index (χ2n) is 0.781. The maximum absolute atomic E-state index is 10.4. The zero-order valence-electron chi connectivity index (χ0n) is 2.63. The van der Waals surface area contributed by atoms with Crippen LogP contribution in [0, 0.1) is 0 Å². The molecule has 0 saturated heterocycles. The molecule has 32 valence electrons. The molecule has 0 rings (SSSR count). The minimum atomic E-state index is -3.81. The summed E-state index contributed by atoms with van der Waals surface area (Å²) >= 11 is -1.00. The predicted molar refractivity (Wildman–Crippen MR) is 16.0 cm³/mol. The number of alkyl halides is 3. The summed E-state index contributed by atoms with van der Waals surface area (Å²) in [5.41, 5.74) is 0. The summed E-state index contributed by atoms with van der Waals surface area (Å²) in [4.78, 5) is 0. The predicted octanol–water partition coefficient (Wildman–Crippen LogP) is -0.128. The van der Waals surface area contributed by atoms with Gasteiger partial charge in [-0.2, -0.15) is 0 Å². The van der Waals surface area contributed by atoms with Crippen LogP contribution in [0.2, 0.25) is 0 Å². The molecule has 0 aromatic heterocycles. The fourth-order valence-corrected chi connectivity index (χ4v) is 0. The van der Waals surface area contributed by atoms with E-state index in [1.54, 1.807) is 0 Å². The van der Waals surface area contributed by atoms with Gasteiger partial charge >= 0.3 is 34.7 Å². The van der Waals surface area contributed by atoms with Gasteiger partial charge < -0.3 is 0 Å². The summed E-state index contributed by atoms with van der Waals surface area (Å²) in [7, 11) is 0. The molecule has 0 aliphatic heterocycles. The molecule has 0 radical (unpaired) electrons. The Bertz CT molecular complexity index is 22.4. The fraction of sp³-hybridized carbons (Fsp3) is 1.00. The van der Waals surface area contributed by atoms with Gasteiger partial charge in [0.25, 0.3) is 0 Å². The molecule has 0 bridgehead atoms. The van der Waals surface area contributed by atoms with Gasteiger partial charge in [0.05, 0.1) is 0 Å². The first kappa shape index (κ1) is 5.33. The third kappa shape index (κ3) is 213. The van der Waals surface area contributed by atoms with Crippen LogP contribution < -0.4 is 0 Å². The van der Waals surface area contributed by atoms with Gasteiger partial charge in [-0.15, -0.1) is 0 Å². The van der Waals surface area contributed by atoms with E-state index in [-0.39, 0.29) is 0 Å². The molecule has 0 aliphatic rings. The van der Waals surface area contributed by atoms with Crippen LogP contribution in [0.3, 0.4) is 0 Å². The van der Waals surface area contributed by atoms with E-state index >= 15 is 0 Å². The fourth-order valence-electron chi connectivity index (χ4n) is 0. The van der Waals surface area contributed by atoms with Gasteiger partial charge in [-0.1, -0.05) is 0 Å². The summed E-state index contributed by atoms with van der Waals surface area (Å²) in [6, 6.07) is 0. The van der Waals surface area contributed by atoms with Crippen LogP contribution in [0.25, 0.3) is 0 Å². The Kier molecular flexibility index (Phi) is 1.28. The molecule has 0 heterocycles. The van der Waals surface area contributed by atoms with E-state index in [0.29, 0.717) is 0 Å². The Morgan fingerprint density at radius 3 is 1.20 bits per heavy atom. The number of hydrogen-bond acceptors (Lipinski definition) is 0. The average Bonchev–Trinajstić information content (AvgIpc) is 0.722. The SMILES string of the molecule is F[C](F)(F)[GeH3]. The number of hydrogen-bond donors (Lipinski definition) is 0. The van der Waals surface area contributed by atoms with Crippen LogP contribution in [-0.4, -0.2) is 21.5 Å². The van der Waals surface area contributed by atoms with Crippen LogP contribution >= 0.6 is 0 Å². The molecule has 0 saturated carbocycles. The molecule has 0 aromatic carbocycles. The minimum absolute atomic E-state index is 1.00. The molecule has 0 aliphatic carbocycles. The monoisotopic (exact) mass is 146 g/mol. The summed E-state index contributed by atoms with van der Waals surface area (Å²) in [5.74, 6) is 0. The van der Waals surface area contributed by atoms with E-state index in [1.165, 1.54) is 0 Å². The topological polar surface area (TPSA) is 0 Å². The first-order chi connectivity index (χ1) is 2.00. The van der Waals surface area contributed by atoms with Crippen molar-refractivity contribution < 1.29 is 13.2 Å². The van der Waals surface area contributed by atoms with Gasteiger partial charge in [0.1, 0.15) is 0 Å². The van der Waals surface area contributed by atoms with Crippen LogP contribution in [0.5, 0.6) is 0 Å². The zero-order valence-corrected chi connectivity index (χ0v) is 6.83. The summed E-state index contributed by atoms with van der Waals surface area (Å²) in [6.07, 6.45) is 0. The maximum atomic E-state index is 10.4. The van der Waals surface area contributed by atoms with Gasteiger partial charge in [-0.3, -0.25) is 0 Å². The molecular weight excluding hydrogens is 142 g/mol. The van der Waals surface area contributed by atoms with E-state index in [4.69, 9.17) is 0 Å². The van der Waals surface area contributed by atoms with Crippen molar-refractivity contribution in [3.8, 4) is 0 Å². The standard InChI is InChI=1S/CH3F3Ge/c2-1(3,4)5/h5H3. The van der Waals surface area contributed by atoms with Gasteiger partial charge in [-0.05, 0) is 0 Å². The Balaban J connectivity index is 3.02. The third-order valence-electron chi connectivity index (χ3n) is 0. The third-order valence-corrected chi connectivity index (χ3v) is 0. The summed E-state index contributed by atoms with van der Waals surface area (Å²) in [5, 5.41) is -3.81. The molecular formula is CH3F3Ge. The zero-order chi connectivity index (χ0) is 4.50. The first-order valence-electron chi connectivity index (χ1n) is 1.07. The summed E-state index contributed by atoms with van der Waals surface area (Å²) < 4.78 is 31.3. The van der Waals surface area contributed by atoms with Crippen LogP contribution in [0.15, 0.2) is 0 Å². The van der Waals surface area contributed by atoms with Crippen molar-refractivity contribution in [2.45, 2.75) is 5.01 Å². The molecule has 0 nitrogen and oxygen atoms in total. The van der Waals surface area contributed by atoms with Gasteiger partial charge in [-0.25, -0.2) is 0 Å². The van der Waals surface area contributed by atoms with Gasteiger partial charge in [0, 0.05) is 0 Å². The van der Waals surface area contributed by atoms with Crippen molar-refractivity contribution in [3.05, 3.63) is 0 Å². The quantitative estimate of drug-likeness (QED) is 0.416. The average molecular weight is 145 g/mol. The van der Waals surface area contributed by atoms with Crippen LogP contribution in [-0.2, 0) is 0 Å².